The van der Waals surface area contributed by atoms with Crippen LogP contribution in [0.4, 0.5) is 13.2 Å². The van der Waals surface area contributed by atoms with Crippen LogP contribution in [0.1, 0.15) is 69.6 Å². The van der Waals surface area contributed by atoms with E-state index in [1.807, 2.05) is 24.6 Å². The highest BCUT2D eigenvalue weighted by Gasteiger charge is 2.44. The summed E-state index contributed by atoms with van der Waals surface area (Å²) < 4.78 is 45.6. The number of hydrogen-bond donors (Lipinski definition) is 2. The van der Waals surface area contributed by atoms with Crippen LogP contribution in [0.25, 0.3) is 16.6 Å². The number of alkyl halides is 3. The SMILES string of the molecule is CC(NCc1cc2c(C(F)(F)F)cn(-c3cccc(C4(c5nncn5C)CCC4)c3)c(=O)c2[nH]1)C(C)(C)C. The molecule has 0 bridgehead atoms. The zero-order valence-corrected chi connectivity index (χ0v) is 22.3. The van der Waals surface area contributed by atoms with Crippen LogP contribution >= 0.6 is 0 Å². The molecule has 38 heavy (non-hydrogen) atoms. The third-order valence-electron chi connectivity index (χ3n) is 8.08. The van der Waals surface area contributed by atoms with Gasteiger partial charge in [-0.15, -0.1) is 10.2 Å². The first kappa shape index (κ1) is 26.2. The minimum atomic E-state index is -4.63. The Morgan fingerprint density at radius 3 is 2.50 bits per heavy atom. The molecule has 4 aromatic rings. The van der Waals surface area contributed by atoms with E-state index in [1.54, 1.807) is 24.5 Å². The average molecular weight is 527 g/mol. The number of aromatic nitrogens is 5. The highest BCUT2D eigenvalue weighted by Crippen LogP contribution is 2.48. The van der Waals surface area contributed by atoms with Crippen LogP contribution in [0.15, 0.2) is 47.7 Å². The van der Waals surface area contributed by atoms with Crippen LogP contribution in [-0.4, -0.2) is 30.4 Å². The number of rotatable bonds is 6. The Labute approximate surface area is 219 Å². The molecule has 0 aliphatic heterocycles. The van der Waals surface area contributed by atoms with Gasteiger partial charge in [0.1, 0.15) is 17.7 Å². The summed E-state index contributed by atoms with van der Waals surface area (Å²) in [6.45, 7) is 8.60. The topological polar surface area (TPSA) is 80.5 Å². The lowest BCUT2D eigenvalue weighted by Crippen LogP contribution is -2.38. The van der Waals surface area contributed by atoms with Crippen LogP contribution in [0.3, 0.4) is 0 Å². The number of halogens is 3. The van der Waals surface area contributed by atoms with Crippen molar-refractivity contribution in [2.45, 2.75) is 71.1 Å². The van der Waals surface area contributed by atoms with E-state index in [0.29, 0.717) is 17.9 Å². The van der Waals surface area contributed by atoms with Gasteiger partial charge in [-0.2, -0.15) is 13.2 Å². The van der Waals surface area contributed by atoms with Crippen LogP contribution in [0.5, 0.6) is 0 Å². The minimum Gasteiger partial charge on any atom is -0.353 e. The lowest BCUT2D eigenvalue weighted by Gasteiger charge is -2.41. The van der Waals surface area contributed by atoms with Crippen LogP contribution < -0.4 is 10.9 Å². The summed E-state index contributed by atoms with van der Waals surface area (Å²) in [4.78, 5) is 16.5. The largest absolute Gasteiger partial charge is 0.418 e. The maximum absolute atomic E-state index is 14.2. The summed E-state index contributed by atoms with van der Waals surface area (Å²) in [6, 6.07) is 8.74. The van der Waals surface area contributed by atoms with Gasteiger partial charge in [0, 0.05) is 42.6 Å². The fraction of sp³-hybridized carbons (Fsp3) is 0.464. The molecule has 1 atom stereocenters. The molecule has 0 amide bonds. The van der Waals surface area contributed by atoms with E-state index in [4.69, 9.17) is 0 Å². The standard InChI is InChI=1S/C28H33F3N6O/c1-17(26(2,3)4)32-14-19-13-21-22(28(29,30)31)15-37(24(38)23(21)34-19)20-9-6-8-18(12-20)27(10-7-11-27)25-35-33-16-36(25)5/h6,8-9,12-13,15-17,32,34H,7,10-11,14H2,1-5H3. The number of nitrogens with zero attached hydrogens (tertiary/aromatic N) is 4. The van der Waals surface area contributed by atoms with Crippen molar-refractivity contribution in [1.82, 2.24) is 29.6 Å². The number of aromatic amines is 1. The van der Waals surface area contributed by atoms with Gasteiger partial charge in [0.2, 0.25) is 0 Å². The Bertz CT molecular complexity index is 1530. The molecule has 1 fully saturated rings. The van der Waals surface area contributed by atoms with Crippen molar-refractivity contribution in [3.63, 3.8) is 0 Å². The van der Waals surface area contributed by atoms with Gasteiger partial charge in [-0.25, -0.2) is 0 Å². The molecule has 1 aliphatic carbocycles. The van der Waals surface area contributed by atoms with Crippen molar-refractivity contribution < 1.29 is 13.2 Å². The summed E-state index contributed by atoms with van der Waals surface area (Å²) in [5.74, 6) is 0.811. The third-order valence-corrected chi connectivity index (χ3v) is 8.08. The normalized spacial score (nSPS) is 16.5. The van der Waals surface area contributed by atoms with Gasteiger partial charge in [0.25, 0.3) is 5.56 Å². The quantitative estimate of drug-likeness (QED) is 0.350. The van der Waals surface area contributed by atoms with E-state index >= 15 is 0 Å². The molecule has 1 aliphatic rings. The van der Waals surface area contributed by atoms with E-state index in [-0.39, 0.29) is 27.8 Å². The van der Waals surface area contributed by atoms with E-state index < -0.39 is 17.3 Å². The molecule has 3 aromatic heterocycles. The molecule has 0 spiro atoms. The van der Waals surface area contributed by atoms with E-state index in [1.165, 1.54) is 6.07 Å². The van der Waals surface area contributed by atoms with Crippen molar-refractivity contribution in [3.05, 3.63) is 75.9 Å². The second-order valence-electron chi connectivity index (χ2n) is 11.5. The monoisotopic (exact) mass is 526 g/mol. The third kappa shape index (κ3) is 4.44. The lowest BCUT2D eigenvalue weighted by atomic mass is 9.63. The second-order valence-corrected chi connectivity index (χ2v) is 11.5. The Balaban J connectivity index is 1.60. The Hall–Kier alpha value is -3.40. The van der Waals surface area contributed by atoms with Gasteiger partial charge < -0.3 is 14.9 Å². The molecular weight excluding hydrogens is 493 g/mol. The minimum absolute atomic E-state index is 0.0241. The fourth-order valence-electron chi connectivity index (χ4n) is 5.19. The van der Waals surface area contributed by atoms with Crippen LogP contribution in [-0.2, 0) is 25.2 Å². The molecule has 1 saturated carbocycles. The molecule has 10 heteroatoms. The summed E-state index contributed by atoms with van der Waals surface area (Å²) in [7, 11) is 1.88. The zero-order chi connectivity index (χ0) is 27.5. The van der Waals surface area contributed by atoms with Gasteiger partial charge in [0.15, 0.2) is 0 Å². The molecule has 0 radical (unpaired) electrons. The number of aryl methyl sites for hydroxylation is 1. The van der Waals surface area contributed by atoms with Gasteiger partial charge in [0.05, 0.1) is 11.0 Å². The summed E-state index contributed by atoms with van der Waals surface area (Å²) in [5.41, 5.74) is -0.0231. The smallest absolute Gasteiger partial charge is 0.353 e. The Kier molecular flexibility index (Phi) is 6.29. The molecule has 7 nitrogen and oxygen atoms in total. The summed E-state index contributed by atoms with van der Waals surface area (Å²) in [5, 5.41) is 11.6. The van der Waals surface area contributed by atoms with Gasteiger partial charge in [-0.3, -0.25) is 9.36 Å². The predicted octanol–water partition coefficient (Wildman–Crippen LogP) is 5.46. The van der Waals surface area contributed by atoms with Gasteiger partial charge in [-0.1, -0.05) is 39.3 Å². The van der Waals surface area contributed by atoms with E-state index in [2.05, 4.69) is 41.3 Å². The molecular formula is C28H33F3N6O. The van der Waals surface area contributed by atoms with E-state index in [9.17, 15) is 18.0 Å². The van der Waals surface area contributed by atoms with Crippen molar-refractivity contribution in [3.8, 4) is 5.69 Å². The first-order valence-electron chi connectivity index (χ1n) is 12.8. The second kappa shape index (κ2) is 9.11. The molecule has 202 valence electrons. The van der Waals surface area contributed by atoms with Crippen molar-refractivity contribution in [2.24, 2.45) is 12.5 Å². The maximum atomic E-state index is 14.2. The van der Waals surface area contributed by atoms with Gasteiger partial charge >= 0.3 is 6.18 Å². The van der Waals surface area contributed by atoms with Crippen LogP contribution in [0, 0.1) is 5.41 Å². The van der Waals surface area contributed by atoms with Crippen molar-refractivity contribution in [2.75, 3.05) is 0 Å². The highest BCUT2D eigenvalue weighted by molar-refractivity contribution is 5.84. The number of hydrogen-bond acceptors (Lipinski definition) is 4. The average Bonchev–Trinajstić information content (AvgIpc) is 3.43. The van der Waals surface area contributed by atoms with Crippen molar-refractivity contribution >= 4 is 10.9 Å². The molecule has 5 rings (SSSR count). The van der Waals surface area contributed by atoms with Crippen molar-refractivity contribution in [1.29, 1.82) is 0 Å². The zero-order valence-electron chi connectivity index (χ0n) is 22.3. The molecule has 1 unspecified atom stereocenters. The fourth-order valence-corrected chi connectivity index (χ4v) is 5.19. The van der Waals surface area contributed by atoms with Gasteiger partial charge in [-0.05, 0) is 48.9 Å². The van der Waals surface area contributed by atoms with E-state index in [0.717, 1.165) is 41.4 Å². The Morgan fingerprint density at radius 2 is 1.92 bits per heavy atom. The first-order valence-corrected chi connectivity index (χ1v) is 12.8. The summed E-state index contributed by atoms with van der Waals surface area (Å²) in [6.07, 6.45) is 0.643. The number of benzene rings is 1. The summed E-state index contributed by atoms with van der Waals surface area (Å²) >= 11 is 0. The Morgan fingerprint density at radius 1 is 1.18 bits per heavy atom. The molecule has 3 heterocycles. The number of H-pyrrole nitrogens is 1. The first-order chi connectivity index (χ1) is 17.8. The molecule has 1 aromatic carbocycles. The maximum Gasteiger partial charge on any atom is 0.418 e. The van der Waals surface area contributed by atoms with Crippen LogP contribution in [0.2, 0.25) is 0 Å². The number of pyridine rings is 1. The highest BCUT2D eigenvalue weighted by atomic mass is 19.4. The lowest BCUT2D eigenvalue weighted by molar-refractivity contribution is -0.136. The predicted molar refractivity (Wildman–Crippen MR) is 140 cm³/mol. The molecule has 2 N–H and O–H groups in total. The number of nitrogens with one attached hydrogen (secondary N) is 2. The molecule has 0 saturated heterocycles. The number of fused-ring (bicyclic) bond motifs is 1.